The molecule has 0 bridgehead atoms. The van der Waals surface area contributed by atoms with Crippen LogP contribution in [-0.4, -0.2) is 15.6 Å². The number of nitrogens with two attached hydrogens (primary N) is 1. The van der Waals surface area contributed by atoms with Gasteiger partial charge < -0.3 is 5.73 Å². The van der Waals surface area contributed by atoms with Crippen molar-refractivity contribution in [3.05, 3.63) is 11.8 Å². The van der Waals surface area contributed by atoms with Crippen molar-refractivity contribution in [2.24, 2.45) is 0 Å². The van der Waals surface area contributed by atoms with Crippen LogP contribution in [0.3, 0.4) is 0 Å². The molecule has 2 N–H and O–H groups in total. The molecule has 0 saturated heterocycles. The van der Waals surface area contributed by atoms with E-state index in [1.54, 1.807) is 6.20 Å². The number of carbonyl (C=O) groups excluding carboxylic acids is 1. The van der Waals surface area contributed by atoms with Crippen molar-refractivity contribution in [1.82, 2.24) is 9.78 Å². The van der Waals surface area contributed by atoms with Crippen molar-refractivity contribution in [2.45, 2.75) is 32.2 Å². The molecule has 0 radical (unpaired) electrons. The summed E-state index contributed by atoms with van der Waals surface area (Å²) in [5.74, 6) is 0.350. The lowest BCUT2D eigenvalue weighted by Gasteiger charge is -2.25. The van der Waals surface area contributed by atoms with Crippen LogP contribution in [0.5, 0.6) is 0 Å². The predicted octanol–water partition coefficient (Wildman–Crippen LogP) is 1.39. The second-order valence-corrected chi connectivity index (χ2v) is 3.55. The Morgan fingerprint density at radius 3 is 2.77 bits per heavy atom. The monoisotopic (exact) mass is 179 g/mol. The van der Waals surface area contributed by atoms with E-state index in [0.29, 0.717) is 17.4 Å². The second-order valence-electron chi connectivity index (χ2n) is 3.55. The minimum atomic E-state index is -0.0110. The molecule has 1 fully saturated rings. The van der Waals surface area contributed by atoms with Crippen molar-refractivity contribution in [2.75, 3.05) is 5.73 Å². The fraction of sp³-hybridized carbons (Fsp3) is 0.556. The summed E-state index contributed by atoms with van der Waals surface area (Å²) < 4.78 is 1.83. The summed E-state index contributed by atoms with van der Waals surface area (Å²) in [6, 6.07) is 0.468. The number of rotatable bonds is 2. The third kappa shape index (κ3) is 1.32. The van der Waals surface area contributed by atoms with Gasteiger partial charge in [-0.15, -0.1) is 0 Å². The van der Waals surface area contributed by atoms with Crippen LogP contribution >= 0.6 is 0 Å². The van der Waals surface area contributed by atoms with E-state index in [9.17, 15) is 4.79 Å². The average Bonchev–Trinajstić information content (AvgIpc) is 2.27. The molecule has 1 aliphatic rings. The van der Waals surface area contributed by atoms with E-state index < -0.39 is 0 Å². The van der Waals surface area contributed by atoms with Gasteiger partial charge >= 0.3 is 0 Å². The van der Waals surface area contributed by atoms with Gasteiger partial charge in [0.25, 0.3) is 0 Å². The van der Waals surface area contributed by atoms with Gasteiger partial charge in [0.05, 0.1) is 11.6 Å². The highest BCUT2D eigenvalue weighted by Crippen LogP contribution is 2.31. The van der Waals surface area contributed by atoms with Gasteiger partial charge in [0.1, 0.15) is 0 Å². The topological polar surface area (TPSA) is 60.9 Å². The number of aromatic nitrogens is 2. The number of anilines is 1. The van der Waals surface area contributed by atoms with Gasteiger partial charge in [0.15, 0.2) is 11.6 Å². The number of carbonyl (C=O) groups is 1. The van der Waals surface area contributed by atoms with Gasteiger partial charge in [-0.05, 0) is 26.2 Å². The standard InChI is InChI=1S/C9H13N3O/c1-6(13)8-5-12(11-9(8)10)7-3-2-4-7/h5,7H,2-4H2,1H3,(H2,10,11). The van der Waals surface area contributed by atoms with Gasteiger partial charge in [0, 0.05) is 6.20 Å². The van der Waals surface area contributed by atoms with E-state index >= 15 is 0 Å². The first-order chi connectivity index (χ1) is 6.18. The number of nitrogen functional groups attached to an aromatic ring is 1. The predicted molar refractivity (Wildman–Crippen MR) is 49.5 cm³/mol. The van der Waals surface area contributed by atoms with E-state index in [2.05, 4.69) is 5.10 Å². The molecule has 0 unspecified atom stereocenters. The maximum Gasteiger partial charge on any atom is 0.165 e. The molecule has 4 heteroatoms. The Morgan fingerprint density at radius 2 is 2.38 bits per heavy atom. The van der Waals surface area contributed by atoms with E-state index in [0.717, 1.165) is 12.8 Å². The van der Waals surface area contributed by atoms with Crippen LogP contribution in [-0.2, 0) is 0 Å². The molecule has 0 spiro atoms. The molecule has 2 rings (SSSR count). The number of Topliss-reactive ketones (excluding diaryl/α,β-unsaturated/α-hetero) is 1. The summed E-state index contributed by atoms with van der Waals surface area (Å²) in [5.41, 5.74) is 6.15. The van der Waals surface area contributed by atoms with Crippen LogP contribution in [0.4, 0.5) is 5.82 Å². The number of hydrogen-bond donors (Lipinski definition) is 1. The van der Waals surface area contributed by atoms with Gasteiger partial charge in [-0.3, -0.25) is 9.48 Å². The van der Waals surface area contributed by atoms with Crippen LogP contribution in [0.1, 0.15) is 42.6 Å². The van der Waals surface area contributed by atoms with Crippen LogP contribution in [0.15, 0.2) is 6.20 Å². The molecule has 13 heavy (non-hydrogen) atoms. The maximum absolute atomic E-state index is 11.1. The van der Waals surface area contributed by atoms with Gasteiger partial charge in [-0.25, -0.2) is 0 Å². The molecule has 1 aromatic heterocycles. The molecule has 1 aliphatic carbocycles. The smallest absolute Gasteiger partial charge is 0.165 e. The van der Waals surface area contributed by atoms with Gasteiger partial charge in [-0.1, -0.05) is 0 Å². The fourth-order valence-electron chi connectivity index (χ4n) is 1.52. The minimum Gasteiger partial charge on any atom is -0.382 e. The molecule has 0 aromatic carbocycles. The molecule has 0 aliphatic heterocycles. The zero-order valence-electron chi connectivity index (χ0n) is 7.66. The van der Waals surface area contributed by atoms with E-state index in [4.69, 9.17) is 5.73 Å². The van der Waals surface area contributed by atoms with Crippen molar-refractivity contribution < 1.29 is 4.79 Å². The minimum absolute atomic E-state index is 0.0110. The lowest BCUT2D eigenvalue weighted by molar-refractivity contribution is 0.101. The first-order valence-electron chi connectivity index (χ1n) is 4.54. The van der Waals surface area contributed by atoms with Crippen LogP contribution in [0, 0.1) is 0 Å². The highest BCUT2D eigenvalue weighted by atomic mass is 16.1. The van der Waals surface area contributed by atoms with Crippen molar-refractivity contribution in [1.29, 1.82) is 0 Å². The lowest BCUT2D eigenvalue weighted by Crippen LogP contribution is -2.17. The van der Waals surface area contributed by atoms with E-state index in [1.807, 2.05) is 4.68 Å². The van der Waals surface area contributed by atoms with E-state index in [1.165, 1.54) is 13.3 Å². The summed E-state index contributed by atoms with van der Waals surface area (Å²) >= 11 is 0. The summed E-state index contributed by atoms with van der Waals surface area (Å²) in [6.07, 6.45) is 5.32. The Labute approximate surface area is 76.7 Å². The van der Waals surface area contributed by atoms with Crippen molar-refractivity contribution in [3.8, 4) is 0 Å². The quantitative estimate of drug-likeness (QED) is 0.698. The zero-order valence-corrected chi connectivity index (χ0v) is 7.66. The third-order valence-electron chi connectivity index (χ3n) is 2.59. The molecule has 1 saturated carbocycles. The van der Waals surface area contributed by atoms with Crippen molar-refractivity contribution in [3.63, 3.8) is 0 Å². The lowest BCUT2D eigenvalue weighted by atomic mass is 9.93. The molecule has 1 heterocycles. The van der Waals surface area contributed by atoms with Crippen LogP contribution in [0.2, 0.25) is 0 Å². The Morgan fingerprint density at radius 1 is 1.69 bits per heavy atom. The molecule has 0 amide bonds. The SMILES string of the molecule is CC(=O)c1cn(C2CCC2)nc1N. The summed E-state index contributed by atoms with van der Waals surface area (Å²) in [7, 11) is 0. The molecular formula is C9H13N3O. The summed E-state index contributed by atoms with van der Waals surface area (Å²) in [4.78, 5) is 11.1. The largest absolute Gasteiger partial charge is 0.382 e. The summed E-state index contributed by atoms with van der Waals surface area (Å²) in [5, 5.41) is 4.13. The third-order valence-corrected chi connectivity index (χ3v) is 2.59. The molecule has 0 atom stereocenters. The summed E-state index contributed by atoms with van der Waals surface area (Å²) in [6.45, 7) is 1.51. The highest BCUT2D eigenvalue weighted by molar-refractivity contribution is 5.97. The van der Waals surface area contributed by atoms with Crippen LogP contribution < -0.4 is 5.73 Å². The molecular weight excluding hydrogens is 166 g/mol. The first-order valence-corrected chi connectivity index (χ1v) is 4.54. The normalized spacial score (nSPS) is 17.0. The first kappa shape index (κ1) is 8.29. The van der Waals surface area contributed by atoms with E-state index in [-0.39, 0.29) is 5.78 Å². The van der Waals surface area contributed by atoms with Crippen LogP contribution in [0.25, 0.3) is 0 Å². The Balaban J connectivity index is 2.28. The Kier molecular flexibility index (Phi) is 1.83. The van der Waals surface area contributed by atoms with Gasteiger partial charge in [0.2, 0.25) is 0 Å². The van der Waals surface area contributed by atoms with Crippen molar-refractivity contribution >= 4 is 11.6 Å². The zero-order chi connectivity index (χ0) is 9.42. The Bertz CT molecular complexity index is 339. The Hall–Kier alpha value is -1.32. The van der Waals surface area contributed by atoms with Gasteiger partial charge in [-0.2, -0.15) is 5.10 Å². The molecule has 1 aromatic rings. The fourth-order valence-corrected chi connectivity index (χ4v) is 1.52. The number of hydrogen-bond acceptors (Lipinski definition) is 3. The maximum atomic E-state index is 11.1. The highest BCUT2D eigenvalue weighted by Gasteiger charge is 2.22. The average molecular weight is 179 g/mol. The molecule has 70 valence electrons. The second kappa shape index (κ2) is 2.87. The number of nitrogens with zero attached hydrogens (tertiary/aromatic N) is 2. The number of ketones is 1. The molecule has 4 nitrogen and oxygen atoms in total.